The fourth-order valence-electron chi connectivity index (χ4n) is 2.23. The van der Waals surface area contributed by atoms with Gasteiger partial charge in [0.05, 0.1) is 31.9 Å². The highest BCUT2D eigenvalue weighted by atomic mass is 16.5. The van der Waals surface area contributed by atoms with E-state index in [1.807, 2.05) is 6.92 Å². The average molecular weight is 267 g/mol. The number of hydrogen-bond acceptors (Lipinski definition) is 4. The van der Waals surface area contributed by atoms with E-state index < -0.39 is 5.97 Å². The summed E-state index contributed by atoms with van der Waals surface area (Å²) in [6.45, 7) is 3.59. The molecule has 0 aliphatic carbocycles. The number of furan rings is 1. The van der Waals surface area contributed by atoms with Crippen molar-refractivity contribution in [3.05, 3.63) is 23.7 Å². The Balaban J connectivity index is 2.07. The molecule has 1 atom stereocenters. The van der Waals surface area contributed by atoms with Gasteiger partial charge in [-0.3, -0.25) is 4.79 Å². The zero-order valence-electron chi connectivity index (χ0n) is 10.8. The van der Waals surface area contributed by atoms with Crippen molar-refractivity contribution < 1.29 is 23.8 Å². The minimum Gasteiger partial charge on any atom is -0.478 e. The minimum atomic E-state index is -1.08. The van der Waals surface area contributed by atoms with E-state index in [-0.39, 0.29) is 29.7 Å². The van der Waals surface area contributed by atoms with Gasteiger partial charge in [0.1, 0.15) is 11.3 Å². The topological polar surface area (TPSA) is 80.0 Å². The fraction of sp³-hybridized carbons (Fsp3) is 0.538. The van der Waals surface area contributed by atoms with E-state index in [0.717, 1.165) is 6.42 Å². The van der Waals surface area contributed by atoms with Crippen LogP contribution in [-0.4, -0.2) is 47.7 Å². The van der Waals surface area contributed by atoms with Crippen LogP contribution in [0.5, 0.6) is 0 Å². The lowest BCUT2D eigenvalue weighted by Crippen LogP contribution is -2.49. The molecule has 1 amide bonds. The summed E-state index contributed by atoms with van der Waals surface area (Å²) in [6, 6.07) is 1.42. The fourth-order valence-corrected chi connectivity index (χ4v) is 2.23. The van der Waals surface area contributed by atoms with Gasteiger partial charge in [0.15, 0.2) is 0 Å². The van der Waals surface area contributed by atoms with E-state index in [4.69, 9.17) is 14.3 Å². The number of hydrogen-bond donors (Lipinski definition) is 1. The van der Waals surface area contributed by atoms with Crippen LogP contribution >= 0.6 is 0 Å². The van der Waals surface area contributed by atoms with E-state index in [0.29, 0.717) is 19.8 Å². The van der Waals surface area contributed by atoms with Crippen molar-refractivity contribution in [2.45, 2.75) is 25.8 Å². The normalized spacial score (nSPS) is 19.4. The van der Waals surface area contributed by atoms with Crippen LogP contribution in [-0.2, 0) is 16.0 Å². The maximum Gasteiger partial charge on any atom is 0.339 e. The quantitative estimate of drug-likeness (QED) is 0.885. The molecular formula is C13H17NO5. The van der Waals surface area contributed by atoms with Crippen molar-refractivity contribution in [2.75, 3.05) is 19.8 Å². The molecule has 0 bridgehead atoms. The van der Waals surface area contributed by atoms with Crippen LogP contribution in [0.4, 0.5) is 0 Å². The van der Waals surface area contributed by atoms with Gasteiger partial charge in [-0.15, -0.1) is 0 Å². The molecular weight excluding hydrogens is 250 g/mol. The van der Waals surface area contributed by atoms with Gasteiger partial charge in [-0.05, 0) is 12.5 Å². The van der Waals surface area contributed by atoms with Crippen LogP contribution in [0.1, 0.15) is 29.5 Å². The third kappa shape index (κ3) is 2.96. The van der Waals surface area contributed by atoms with Gasteiger partial charge >= 0.3 is 5.97 Å². The summed E-state index contributed by atoms with van der Waals surface area (Å²) in [5.41, 5.74) is 0.0506. The van der Waals surface area contributed by atoms with Crippen LogP contribution in [0.25, 0.3) is 0 Å². The van der Waals surface area contributed by atoms with Gasteiger partial charge in [-0.1, -0.05) is 6.92 Å². The third-order valence-corrected chi connectivity index (χ3v) is 3.31. The van der Waals surface area contributed by atoms with Crippen molar-refractivity contribution in [3.8, 4) is 0 Å². The van der Waals surface area contributed by atoms with Crippen LogP contribution in [0, 0.1) is 0 Å². The smallest absolute Gasteiger partial charge is 0.339 e. The van der Waals surface area contributed by atoms with Gasteiger partial charge in [-0.2, -0.15) is 0 Å². The molecule has 1 aliphatic rings. The second kappa shape index (κ2) is 5.88. The lowest BCUT2D eigenvalue weighted by molar-refractivity contribution is -0.139. The summed E-state index contributed by atoms with van der Waals surface area (Å²) in [4.78, 5) is 24.9. The van der Waals surface area contributed by atoms with Crippen molar-refractivity contribution in [2.24, 2.45) is 0 Å². The first-order chi connectivity index (χ1) is 9.13. The maximum atomic E-state index is 12.2. The van der Waals surface area contributed by atoms with Crippen LogP contribution < -0.4 is 0 Å². The summed E-state index contributed by atoms with van der Waals surface area (Å²) in [6.07, 6.45) is 2.09. The van der Waals surface area contributed by atoms with Gasteiger partial charge in [0.25, 0.3) is 0 Å². The highest BCUT2D eigenvalue weighted by Crippen LogP contribution is 2.16. The van der Waals surface area contributed by atoms with E-state index >= 15 is 0 Å². The van der Waals surface area contributed by atoms with E-state index in [1.165, 1.54) is 12.3 Å². The van der Waals surface area contributed by atoms with E-state index in [2.05, 4.69) is 0 Å². The van der Waals surface area contributed by atoms with Crippen molar-refractivity contribution in [1.82, 2.24) is 4.90 Å². The second-order valence-electron chi connectivity index (χ2n) is 4.46. The lowest BCUT2D eigenvalue weighted by atomic mass is 10.1. The Labute approximate surface area is 110 Å². The molecule has 0 saturated carbocycles. The van der Waals surface area contributed by atoms with Crippen LogP contribution in [0.15, 0.2) is 16.7 Å². The summed E-state index contributed by atoms with van der Waals surface area (Å²) >= 11 is 0. The molecule has 1 saturated heterocycles. The lowest BCUT2D eigenvalue weighted by Gasteiger charge is -2.35. The first-order valence-electron chi connectivity index (χ1n) is 6.30. The molecule has 2 rings (SSSR count). The van der Waals surface area contributed by atoms with Gasteiger partial charge in [0, 0.05) is 6.54 Å². The molecule has 2 heterocycles. The number of carbonyl (C=O) groups is 2. The molecule has 0 radical (unpaired) electrons. The molecule has 1 aromatic heterocycles. The Hall–Kier alpha value is -1.82. The number of carboxylic acids is 1. The Morgan fingerprint density at radius 3 is 3.00 bits per heavy atom. The van der Waals surface area contributed by atoms with Gasteiger partial charge in [-0.25, -0.2) is 4.79 Å². The van der Waals surface area contributed by atoms with E-state index in [1.54, 1.807) is 4.90 Å². The molecule has 0 aromatic carbocycles. The predicted molar refractivity (Wildman–Crippen MR) is 66.0 cm³/mol. The summed E-state index contributed by atoms with van der Waals surface area (Å²) < 4.78 is 10.4. The number of amides is 1. The molecule has 1 aromatic rings. The molecule has 6 heteroatoms. The molecule has 104 valence electrons. The second-order valence-corrected chi connectivity index (χ2v) is 4.46. The van der Waals surface area contributed by atoms with Gasteiger partial charge < -0.3 is 19.2 Å². The van der Waals surface area contributed by atoms with E-state index in [9.17, 15) is 9.59 Å². The highest BCUT2D eigenvalue weighted by molar-refractivity contribution is 5.90. The number of carbonyl (C=O) groups excluding carboxylic acids is 1. The number of ether oxygens (including phenoxy) is 1. The highest BCUT2D eigenvalue weighted by Gasteiger charge is 2.27. The zero-order chi connectivity index (χ0) is 13.8. The molecule has 0 spiro atoms. The number of nitrogens with zero attached hydrogens (tertiary/aromatic N) is 1. The Bertz CT molecular complexity index is 467. The number of rotatable bonds is 4. The third-order valence-electron chi connectivity index (χ3n) is 3.31. The number of aromatic carboxylic acids is 1. The molecule has 1 unspecified atom stereocenters. The SMILES string of the molecule is CCC1COCCN1C(=O)Cc1occc1C(=O)O. The molecule has 1 aliphatic heterocycles. The molecule has 6 nitrogen and oxygen atoms in total. The Morgan fingerprint density at radius 2 is 2.32 bits per heavy atom. The molecule has 19 heavy (non-hydrogen) atoms. The average Bonchev–Trinajstić information content (AvgIpc) is 2.87. The Kier molecular flexibility index (Phi) is 4.21. The van der Waals surface area contributed by atoms with Crippen LogP contribution in [0.3, 0.4) is 0 Å². The molecule has 1 fully saturated rings. The summed E-state index contributed by atoms with van der Waals surface area (Å²) in [7, 11) is 0. The van der Waals surface area contributed by atoms with Crippen molar-refractivity contribution in [1.29, 1.82) is 0 Å². The first kappa shape index (κ1) is 13.6. The number of carboxylic acid groups (broad SMARTS) is 1. The molecule has 1 N–H and O–H groups in total. The van der Waals surface area contributed by atoms with Gasteiger partial charge in [0.2, 0.25) is 5.91 Å². The van der Waals surface area contributed by atoms with Crippen molar-refractivity contribution in [3.63, 3.8) is 0 Å². The van der Waals surface area contributed by atoms with Crippen LogP contribution in [0.2, 0.25) is 0 Å². The summed E-state index contributed by atoms with van der Waals surface area (Å²) in [5, 5.41) is 8.97. The largest absolute Gasteiger partial charge is 0.478 e. The monoisotopic (exact) mass is 267 g/mol. The maximum absolute atomic E-state index is 12.2. The first-order valence-corrected chi connectivity index (χ1v) is 6.30. The number of morpholine rings is 1. The Morgan fingerprint density at radius 1 is 1.53 bits per heavy atom. The minimum absolute atomic E-state index is 0.0227. The predicted octanol–water partition coefficient (Wildman–Crippen LogP) is 1.16. The standard InChI is InChI=1S/C13H17NO5/c1-2-9-8-18-6-4-14(9)12(15)7-11-10(13(16)17)3-5-19-11/h3,5,9H,2,4,6-8H2,1H3,(H,16,17). The summed E-state index contributed by atoms with van der Waals surface area (Å²) in [5.74, 6) is -0.989. The zero-order valence-corrected chi connectivity index (χ0v) is 10.8. The van der Waals surface area contributed by atoms with Crippen molar-refractivity contribution >= 4 is 11.9 Å².